The number of nitrogens with one attached hydrogen (secondary N) is 1. The molecule has 0 heterocycles. The Hall–Kier alpha value is -2.85. The lowest BCUT2D eigenvalue weighted by molar-refractivity contribution is -0.146. The van der Waals surface area contributed by atoms with Gasteiger partial charge in [0.1, 0.15) is 0 Å². The summed E-state index contributed by atoms with van der Waals surface area (Å²) in [5, 5.41) is 5.35. The molecule has 0 unspecified atom stereocenters. The van der Waals surface area contributed by atoms with Crippen molar-refractivity contribution in [1.82, 2.24) is 0 Å². The SMILES string of the molecule is O=C(COC(=O)Cc1ccc(Cl)cc1)Nc1cccc2ccccc12. The summed E-state index contributed by atoms with van der Waals surface area (Å²) in [5.41, 5.74) is 1.47. The van der Waals surface area contributed by atoms with Gasteiger partial charge >= 0.3 is 5.97 Å². The molecule has 3 aromatic rings. The van der Waals surface area contributed by atoms with Crippen LogP contribution in [0.15, 0.2) is 66.7 Å². The zero-order chi connectivity index (χ0) is 17.6. The van der Waals surface area contributed by atoms with E-state index in [0.717, 1.165) is 16.3 Å². The molecule has 0 atom stereocenters. The highest BCUT2D eigenvalue weighted by atomic mass is 35.5. The fraction of sp³-hybridized carbons (Fsp3) is 0.100. The molecule has 1 N–H and O–H groups in total. The highest BCUT2D eigenvalue weighted by Crippen LogP contribution is 2.22. The predicted octanol–water partition coefficient (Wildman–Crippen LogP) is 4.22. The third kappa shape index (κ3) is 4.58. The maximum atomic E-state index is 12.1. The lowest BCUT2D eigenvalue weighted by atomic mass is 10.1. The first-order valence-corrected chi connectivity index (χ1v) is 8.17. The van der Waals surface area contributed by atoms with Crippen molar-refractivity contribution in [2.24, 2.45) is 0 Å². The molecule has 3 aromatic carbocycles. The molecular formula is C20H16ClNO3. The summed E-state index contributed by atoms with van der Waals surface area (Å²) in [5.74, 6) is -0.837. The number of halogens is 1. The van der Waals surface area contributed by atoms with Crippen LogP contribution in [0.4, 0.5) is 5.69 Å². The van der Waals surface area contributed by atoms with E-state index in [2.05, 4.69) is 5.32 Å². The fourth-order valence-electron chi connectivity index (χ4n) is 2.49. The molecule has 0 saturated heterocycles. The van der Waals surface area contributed by atoms with Crippen LogP contribution in [0.1, 0.15) is 5.56 Å². The molecular weight excluding hydrogens is 338 g/mol. The summed E-state index contributed by atoms with van der Waals surface area (Å²) < 4.78 is 5.04. The highest BCUT2D eigenvalue weighted by Gasteiger charge is 2.10. The minimum atomic E-state index is -0.463. The van der Waals surface area contributed by atoms with Gasteiger partial charge < -0.3 is 10.1 Å². The number of ether oxygens (including phenoxy) is 1. The Bertz CT molecular complexity index is 901. The number of carbonyl (C=O) groups is 2. The van der Waals surface area contributed by atoms with E-state index in [1.807, 2.05) is 42.5 Å². The van der Waals surface area contributed by atoms with Crippen LogP contribution in [0.2, 0.25) is 5.02 Å². The van der Waals surface area contributed by atoms with Crippen molar-refractivity contribution in [1.29, 1.82) is 0 Å². The first-order chi connectivity index (χ1) is 12.1. The molecule has 25 heavy (non-hydrogen) atoms. The Kier molecular flexibility index (Phi) is 5.31. The van der Waals surface area contributed by atoms with Gasteiger partial charge in [0.25, 0.3) is 5.91 Å². The Morgan fingerprint density at radius 3 is 2.44 bits per heavy atom. The Labute approximate surface area is 150 Å². The molecule has 0 saturated carbocycles. The molecule has 0 radical (unpaired) electrons. The summed E-state index contributed by atoms with van der Waals surface area (Å²) in [6, 6.07) is 20.3. The van der Waals surface area contributed by atoms with Crippen molar-refractivity contribution in [3.05, 3.63) is 77.3 Å². The van der Waals surface area contributed by atoms with E-state index in [0.29, 0.717) is 10.7 Å². The van der Waals surface area contributed by atoms with Gasteiger partial charge in [-0.25, -0.2) is 0 Å². The molecule has 3 rings (SSSR count). The minimum Gasteiger partial charge on any atom is -0.455 e. The summed E-state index contributed by atoms with van der Waals surface area (Å²) in [7, 11) is 0. The fourth-order valence-corrected chi connectivity index (χ4v) is 2.61. The van der Waals surface area contributed by atoms with Gasteiger partial charge in [-0.15, -0.1) is 0 Å². The quantitative estimate of drug-likeness (QED) is 0.699. The van der Waals surface area contributed by atoms with Crippen LogP contribution in [0, 0.1) is 0 Å². The van der Waals surface area contributed by atoms with Crippen molar-refractivity contribution in [2.45, 2.75) is 6.42 Å². The molecule has 4 nitrogen and oxygen atoms in total. The third-order valence-electron chi connectivity index (χ3n) is 3.69. The largest absolute Gasteiger partial charge is 0.455 e. The van der Waals surface area contributed by atoms with E-state index in [9.17, 15) is 9.59 Å². The van der Waals surface area contributed by atoms with Gasteiger partial charge in [0, 0.05) is 16.1 Å². The van der Waals surface area contributed by atoms with Gasteiger partial charge in [0.05, 0.1) is 6.42 Å². The average molecular weight is 354 g/mol. The predicted molar refractivity (Wildman–Crippen MR) is 98.7 cm³/mol. The first kappa shape index (κ1) is 17.0. The monoisotopic (exact) mass is 353 g/mol. The molecule has 0 aliphatic rings. The van der Waals surface area contributed by atoms with E-state index in [-0.39, 0.29) is 18.9 Å². The van der Waals surface area contributed by atoms with Crippen LogP contribution in [0.3, 0.4) is 0 Å². The second kappa shape index (κ2) is 7.81. The van der Waals surface area contributed by atoms with Crippen LogP contribution in [-0.4, -0.2) is 18.5 Å². The van der Waals surface area contributed by atoms with Crippen LogP contribution in [0.5, 0.6) is 0 Å². The van der Waals surface area contributed by atoms with Crippen LogP contribution >= 0.6 is 11.6 Å². The van der Waals surface area contributed by atoms with Gasteiger partial charge in [-0.05, 0) is 29.1 Å². The number of carbonyl (C=O) groups excluding carboxylic acids is 2. The molecule has 126 valence electrons. The molecule has 5 heteroatoms. The summed E-state index contributed by atoms with van der Waals surface area (Å²) in [6.45, 7) is -0.324. The van der Waals surface area contributed by atoms with Crippen LogP contribution in [0.25, 0.3) is 10.8 Å². The number of rotatable bonds is 5. The molecule has 0 bridgehead atoms. The lowest BCUT2D eigenvalue weighted by Crippen LogP contribution is -2.21. The molecule has 0 aromatic heterocycles. The summed E-state index contributed by atoms with van der Waals surface area (Å²) >= 11 is 5.80. The molecule has 0 aliphatic carbocycles. The standard InChI is InChI=1S/C20H16ClNO3/c21-16-10-8-14(9-11-16)12-20(24)25-13-19(23)22-18-7-3-5-15-4-1-2-6-17(15)18/h1-11H,12-13H2,(H,22,23). The zero-order valence-electron chi connectivity index (χ0n) is 13.4. The molecule has 0 aliphatic heterocycles. The number of amides is 1. The smallest absolute Gasteiger partial charge is 0.310 e. The van der Waals surface area contributed by atoms with E-state index >= 15 is 0 Å². The maximum Gasteiger partial charge on any atom is 0.310 e. The highest BCUT2D eigenvalue weighted by molar-refractivity contribution is 6.30. The Morgan fingerprint density at radius 2 is 1.64 bits per heavy atom. The van der Waals surface area contributed by atoms with Gasteiger partial charge in [-0.2, -0.15) is 0 Å². The van der Waals surface area contributed by atoms with E-state index in [4.69, 9.17) is 16.3 Å². The molecule has 1 amide bonds. The number of esters is 1. The van der Waals surface area contributed by atoms with Crippen molar-refractivity contribution in [2.75, 3.05) is 11.9 Å². The van der Waals surface area contributed by atoms with Crippen molar-refractivity contribution in [3.8, 4) is 0 Å². The Morgan fingerprint density at radius 1 is 0.920 bits per heavy atom. The topological polar surface area (TPSA) is 55.4 Å². The summed E-state index contributed by atoms with van der Waals surface area (Å²) in [6.07, 6.45) is 0.0959. The minimum absolute atomic E-state index is 0.0959. The van der Waals surface area contributed by atoms with Crippen molar-refractivity contribution in [3.63, 3.8) is 0 Å². The number of hydrogen-bond acceptors (Lipinski definition) is 3. The van der Waals surface area contributed by atoms with Crippen LogP contribution < -0.4 is 5.32 Å². The number of hydrogen-bond donors (Lipinski definition) is 1. The van der Waals surface area contributed by atoms with E-state index < -0.39 is 5.97 Å². The van der Waals surface area contributed by atoms with Crippen LogP contribution in [-0.2, 0) is 20.7 Å². The van der Waals surface area contributed by atoms with E-state index in [1.54, 1.807) is 24.3 Å². The molecule has 0 spiro atoms. The number of benzene rings is 3. The normalized spacial score (nSPS) is 10.4. The average Bonchev–Trinajstić information content (AvgIpc) is 2.62. The maximum absolute atomic E-state index is 12.1. The zero-order valence-corrected chi connectivity index (χ0v) is 14.1. The first-order valence-electron chi connectivity index (χ1n) is 7.79. The van der Waals surface area contributed by atoms with Gasteiger partial charge in [-0.1, -0.05) is 60.1 Å². The second-order valence-electron chi connectivity index (χ2n) is 5.54. The number of fused-ring (bicyclic) bond motifs is 1. The van der Waals surface area contributed by atoms with E-state index in [1.165, 1.54) is 0 Å². The summed E-state index contributed by atoms with van der Waals surface area (Å²) in [4.78, 5) is 23.9. The Balaban J connectivity index is 1.55. The van der Waals surface area contributed by atoms with Gasteiger partial charge in [-0.3, -0.25) is 9.59 Å². The molecule has 0 fully saturated rings. The second-order valence-corrected chi connectivity index (χ2v) is 5.98. The lowest BCUT2D eigenvalue weighted by Gasteiger charge is -2.09. The van der Waals surface area contributed by atoms with Gasteiger partial charge in [0.15, 0.2) is 6.61 Å². The van der Waals surface area contributed by atoms with Crippen molar-refractivity contribution < 1.29 is 14.3 Å². The number of anilines is 1. The van der Waals surface area contributed by atoms with Gasteiger partial charge in [0.2, 0.25) is 0 Å². The van der Waals surface area contributed by atoms with Crippen molar-refractivity contribution >= 4 is 39.9 Å². The third-order valence-corrected chi connectivity index (χ3v) is 3.94.